The van der Waals surface area contributed by atoms with Crippen molar-refractivity contribution in [1.82, 2.24) is 0 Å². The highest BCUT2D eigenvalue weighted by molar-refractivity contribution is 5.85. The number of hydrogen-bond donors (Lipinski definition) is 0. The summed E-state index contributed by atoms with van der Waals surface area (Å²) in [6.45, 7) is 0. The zero-order valence-electron chi connectivity index (χ0n) is 15.7. The first-order chi connectivity index (χ1) is 13.9. The molecule has 0 aliphatic rings. The van der Waals surface area contributed by atoms with Crippen LogP contribution in [0.25, 0.3) is 33.7 Å². The lowest BCUT2D eigenvalue weighted by atomic mass is 10.1. The van der Waals surface area contributed by atoms with Gasteiger partial charge < -0.3 is 0 Å². The van der Waals surface area contributed by atoms with Gasteiger partial charge in [-0.25, -0.2) is 0 Å². The van der Waals surface area contributed by atoms with E-state index in [0.29, 0.717) is 0 Å². The molecule has 8 aromatic carbocycles. The zero-order valence-corrected chi connectivity index (χ0v) is 15.7. The maximum absolute atomic E-state index is 2.17. The van der Waals surface area contributed by atoms with E-state index >= 15 is 0 Å². The second kappa shape index (κ2) is 8.83. The Bertz CT molecular complexity index is 1050. The standard InChI is InChI=1S/C14H10.C14H12/c1-2-12-5-9-14(10-6-12)13-7-3-11(1)4-8-13;1-3-7-13(8-4-1)11-12-14-9-5-2-6-10-14/h1-10H;1-12H. The van der Waals surface area contributed by atoms with E-state index in [1.54, 1.807) is 0 Å². The van der Waals surface area contributed by atoms with Gasteiger partial charge in [0.1, 0.15) is 0 Å². The van der Waals surface area contributed by atoms with Gasteiger partial charge in [0.25, 0.3) is 0 Å². The molecule has 4 bridgehead atoms. The van der Waals surface area contributed by atoms with Crippen LogP contribution in [0.1, 0.15) is 11.1 Å². The van der Waals surface area contributed by atoms with Gasteiger partial charge >= 0.3 is 0 Å². The van der Waals surface area contributed by atoms with Crippen molar-refractivity contribution in [3.63, 3.8) is 0 Å². The van der Waals surface area contributed by atoms with E-state index in [1.165, 1.54) is 32.7 Å². The molecule has 8 aromatic rings. The highest BCUT2D eigenvalue weighted by Gasteiger charge is 1.90. The van der Waals surface area contributed by atoms with Crippen LogP contribution in [0, 0.1) is 0 Å². The molecule has 0 heterocycles. The summed E-state index contributed by atoms with van der Waals surface area (Å²) >= 11 is 0. The maximum Gasteiger partial charge on any atom is -0.0184 e. The molecule has 0 amide bonds. The monoisotopic (exact) mass is 358 g/mol. The minimum absolute atomic E-state index is 1.23. The van der Waals surface area contributed by atoms with Crippen LogP contribution in [-0.4, -0.2) is 0 Å². The highest BCUT2D eigenvalue weighted by Crippen LogP contribution is 2.16. The normalized spacial score (nSPS) is 10.7. The van der Waals surface area contributed by atoms with Gasteiger partial charge in [-0.05, 0) is 32.7 Å². The molecule has 0 saturated carbocycles. The fourth-order valence-corrected chi connectivity index (χ4v) is 3.09. The van der Waals surface area contributed by atoms with Crippen molar-refractivity contribution in [1.29, 1.82) is 0 Å². The Morgan fingerprint density at radius 2 is 0.643 bits per heavy atom. The fraction of sp³-hybridized carbons (Fsp3) is 0. The lowest BCUT2D eigenvalue weighted by Crippen LogP contribution is -1.71. The Morgan fingerprint density at radius 1 is 0.321 bits per heavy atom. The van der Waals surface area contributed by atoms with Gasteiger partial charge in [0.05, 0.1) is 0 Å². The smallest absolute Gasteiger partial charge is 0.0184 e. The third kappa shape index (κ3) is 4.75. The average Bonchev–Trinajstić information content (AvgIpc) is 2.80. The van der Waals surface area contributed by atoms with E-state index in [0.717, 1.165) is 0 Å². The Labute approximate surface area is 166 Å². The molecular formula is C28H22. The number of benzene rings is 4. The van der Waals surface area contributed by atoms with Gasteiger partial charge in [0.15, 0.2) is 0 Å². The van der Waals surface area contributed by atoms with Crippen LogP contribution in [0.5, 0.6) is 0 Å². The molecule has 0 aromatic heterocycles. The van der Waals surface area contributed by atoms with Crippen molar-refractivity contribution in [2.45, 2.75) is 0 Å². The van der Waals surface area contributed by atoms with E-state index in [2.05, 4.69) is 97.1 Å². The topological polar surface area (TPSA) is 0 Å². The Morgan fingerprint density at radius 3 is 1.00 bits per heavy atom. The first kappa shape index (κ1) is 17.8. The Balaban J connectivity index is 0.000000137. The number of hydrogen-bond acceptors (Lipinski definition) is 0. The van der Waals surface area contributed by atoms with Gasteiger partial charge in [-0.3, -0.25) is 0 Å². The first-order valence-corrected chi connectivity index (χ1v) is 9.54. The van der Waals surface area contributed by atoms with E-state index in [1.807, 2.05) is 36.4 Å². The summed E-state index contributed by atoms with van der Waals surface area (Å²) in [7, 11) is 0. The van der Waals surface area contributed by atoms with E-state index in [9.17, 15) is 0 Å². The molecule has 0 unspecified atom stereocenters. The van der Waals surface area contributed by atoms with Crippen molar-refractivity contribution in [2.75, 3.05) is 0 Å². The lowest BCUT2D eigenvalue weighted by molar-refractivity contribution is 1.65. The average molecular weight is 358 g/mol. The quantitative estimate of drug-likeness (QED) is 0.282. The van der Waals surface area contributed by atoms with Crippen molar-refractivity contribution in [3.8, 4) is 0 Å². The van der Waals surface area contributed by atoms with Crippen molar-refractivity contribution >= 4 is 33.7 Å². The van der Waals surface area contributed by atoms with Crippen molar-refractivity contribution in [2.24, 2.45) is 0 Å². The molecule has 8 rings (SSSR count). The summed E-state index contributed by atoms with van der Waals surface area (Å²) in [6.07, 6.45) is 4.24. The molecular weight excluding hydrogens is 336 g/mol. The molecule has 0 aliphatic heterocycles. The molecule has 0 radical (unpaired) electrons. The van der Waals surface area contributed by atoms with Gasteiger partial charge in [-0.2, -0.15) is 0 Å². The first-order valence-electron chi connectivity index (χ1n) is 9.54. The predicted octanol–water partition coefficient (Wildman–Crippen LogP) is 7.85. The molecule has 0 fully saturated rings. The van der Waals surface area contributed by atoms with Crippen LogP contribution in [0.2, 0.25) is 0 Å². The summed E-state index contributed by atoms with van der Waals surface area (Å²) < 4.78 is 0. The largest absolute Gasteiger partial charge is 0.0622 e. The fourth-order valence-electron chi connectivity index (χ4n) is 3.09. The molecule has 0 aliphatic carbocycles. The van der Waals surface area contributed by atoms with E-state index in [-0.39, 0.29) is 0 Å². The summed E-state index contributed by atoms with van der Waals surface area (Å²) in [4.78, 5) is 0. The van der Waals surface area contributed by atoms with Gasteiger partial charge in [0.2, 0.25) is 0 Å². The van der Waals surface area contributed by atoms with Crippen molar-refractivity contribution in [3.05, 3.63) is 132 Å². The molecule has 0 nitrogen and oxygen atoms in total. The van der Waals surface area contributed by atoms with Gasteiger partial charge in [-0.15, -0.1) is 0 Å². The van der Waals surface area contributed by atoms with Gasteiger partial charge in [-0.1, -0.05) is 133 Å². The minimum atomic E-state index is 1.23. The van der Waals surface area contributed by atoms with Crippen LogP contribution in [0.3, 0.4) is 0 Å². The molecule has 0 atom stereocenters. The molecule has 28 heavy (non-hydrogen) atoms. The zero-order chi connectivity index (χ0) is 19.0. The van der Waals surface area contributed by atoms with Gasteiger partial charge in [0, 0.05) is 0 Å². The summed E-state index contributed by atoms with van der Waals surface area (Å²) in [5, 5.41) is 5.10. The van der Waals surface area contributed by atoms with Crippen LogP contribution in [-0.2, 0) is 0 Å². The summed E-state index contributed by atoms with van der Waals surface area (Å²) in [5.41, 5.74) is 2.47. The lowest BCUT2D eigenvalue weighted by Gasteiger charge is -1.96. The highest BCUT2D eigenvalue weighted by atomic mass is 14.0. The molecule has 134 valence electrons. The van der Waals surface area contributed by atoms with E-state index < -0.39 is 0 Å². The Hall–Kier alpha value is -3.64. The van der Waals surface area contributed by atoms with Crippen molar-refractivity contribution < 1.29 is 0 Å². The third-order valence-corrected chi connectivity index (χ3v) is 4.69. The second-order valence-electron chi connectivity index (χ2n) is 6.73. The second-order valence-corrected chi connectivity index (χ2v) is 6.73. The number of rotatable bonds is 2. The van der Waals surface area contributed by atoms with Crippen LogP contribution in [0.4, 0.5) is 0 Å². The SMILES string of the molecule is C(=Cc1ccccc1)c1ccccc1.c1cc2ccc(cc2)c2ccc1cc2. The third-order valence-electron chi connectivity index (χ3n) is 4.69. The Kier molecular flexibility index (Phi) is 5.60. The molecule has 0 saturated heterocycles. The minimum Gasteiger partial charge on any atom is -0.0622 e. The summed E-state index contributed by atoms with van der Waals surface area (Å²) in [6, 6.07) is 42.2. The van der Waals surface area contributed by atoms with Crippen LogP contribution < -0.4 is 0 Å². The molecule has 0 spiro atoms. The van der Waals surface area contributed by atoms with E-state index in [4.69, 9.17) is 0 Å². The molecule has 0 heteroatoms. The van der Waals surface area contributed by atoms with Crippen LogP contribution in [0.15, 0.2) is 121 Å². The molecule has 0 N–H and O–H groups in total. The van der Waals surface area contributed by atoms with Crippen LogP contribution >= 0.6 is 0 Å². The summed E-state index contributed by atoms with van der Waals surface area (Å²) in [5.74, 6) is 0. The maximum atomic E-state index is 2.17. The predicted molar refractivity (Wildman–Crippen MR) is 123 cm³/mol.